The van der Waals surface area contributed by atoms with Crippen molar-refractivity contribution in [2.45, 2.75) is 57.9 Å². The summed E-state index contributed by atoms with van der Waals surface area (Å²) in [6.45, 7) is 7.98. The van der Waals surface area contributed by atoms with Gasteiger partial charge in [0.05, 0.1) is 10.9 Å². The van der Waals surface area contributed by atoms with Gasteiger partial charge in [-0.1, -0.05) is 50.8 Å². The Morgan fingerprint density at radius 1 is 1.19 bits per heavy atom. The van der Waals surface area contributed by atoms with Gasteiger partial charge in [0.15, 0.2) is 0 Å². The molecule has 0 radical (unpaired) electrons. The van der Waals surface area contributed by atoms with Gasteiger partial charge in [-0.3, -0.25) is 0 Å². The van der Waals surface area contributed by atoms with Crippen molar-refractivity contribution in [2.24, 2.45) is 5.92 Å². The lowest BCUT2D eigenvalue weighted by molar-refractivity contribution is 0.518. The Kier molecular flexibility index (Phi) is 6.94. The highest BCUT2D eigenvalue weighted by atomic mass is 32.2. The third-order valence-corrected chi connectivity index (χ3v) is 4.65. The van der Waals surface area contributed by atoms with Crippen molar-refractivity contribution in [2.75, 3.05) is 0 Å². The van der Waals surface area contributed by atoms with Gasteiger partial charge < -0.3 is 0 Å². The minimum Gasteiger partial charge on any atom is -0.207 e. The molecule has 1 rings (SSSR count). The normalized spacial score (nSPS) is 12.8. The van der Waals surface area contributed by atoms with Crippen LogP contribution in [0.5, 0.6) is 0 Å². The number of unbranched alkanes of at least 4 members (excludes halogenated alkanes) is 2. The molecule has 0 aliphatic carbocycles. The first kappa shape index (κ1) is 17.7. The molecular weight excluding hydrogens is 282 g/mol. The number of nitrogens with one attached hydrogen (secondary N) is 1. The monoisotopic (exact) mass is 307 g/mol. The lowest BCUT2D eigenvalue weighted by Crippen LogP contribution is -2.37. The van der Waals surface area contributed by atoms with Gasteiger partial charge in [0.25, 0.3) is 0 Å². The highest BCUT2D eigenvalue weighted by Crippen LogP contribution is 2.12. The van der Waals surface area contributed by atoms with Crippen LogP contribution in [0.25, 0.3) is 0 Å². The average Bonchev–Trinajstić information content (AvgIpc) is 2.42. The maximum absolute atomic E-state index is 12.4. The summed E-state index contributed by atoms with van der Waals surface area (Å²) in [7, 11) is -3.52. The van der Waals surface area contributed by atoms with E-state index in [-0.39, 0.29) is 16.9 Å². The van der Waals surface area contributed by atoms with Crippen molar-refractivity contribution in [1.29, 1.82) is 0 Å². The third-order valence-electron chi connectivity index (χ3n) is 3.19. The Bertz CT molecular complexity index is 592. The molecule has 0 spiro atoms. The van der Waals surface area contributed by atoms with Crippen LogP contribution in [-0.4, -0.2) is 14.5 Å². The van der Waals surface area contributed by atoms with Crippen LogP contribution >= 0.6 is 0 Å². The third kappa shape index (κ3) is 5.91. The van der Waals surface area contributed by atoms with E-state index in [4.69, 9.17) is 0 Å². The lowest BCUT2D eigenvalue weighted by Gasteiger charge is -2.17. The second-order valence-corrected chi connectivity index (χ2v) is 7.29. The summed E-state index contributed by atoms with van der Waals surface area (Å²) in [6.07, 6.45) is 2.95. The molecule has 1 atom stereocenters. The molecule has 0 bridgehead atoms. The Labute approximate surface area is 129 Å². The van der Waals surface area contributed by atoms with E-state index in [1.165, 1.54) is 0 Å². The summed E-state index contributed by atoms with van der Waals surface area (Å²) >= 11 is 0. The second-order valence-electron chi connectivity index (χ2n) is 5.58. The number of sulfonamides is 1. The lowest BCUT2D eigenvalue weighted by atomic mass is 10.1. The van der Waals surface area contributed by atoms with E-state index >= 15 is 0 Å². The first-order valence-corrected chi connectivity index (χ1v) is 8.92. The molecule has 1 aromatic rings. The first-order valence-electron chi connectivity index (χ1n) is 7.44. The van der Waals surface area contributed by atoms with E-state index in [0.29, 0.717) is 0 Å². The standard InChI is InChI=1S/C17H25NO2S/c1-5-6-7-8-9-17(14(2)3)18-21(19,20)16-12-10-15(4)11-13-16/h10-14,17-18H,5-7H2,1-4H3. The summed E-state index contributed by atoms with van der Waals surface area (Å²) < 4.78 is 27.4. The molecule has 0 aliphatic rings. The molecular formula is C17H25NO2S. The van der Waals surface area contributed by atoms with Crippen molar-refractivity contribution >= 4 is 10.0 Å². The number of rotatable bonds is 6. The predicted molar refractivity (Wildman–Crippen MR) is 87.4 cm³/mol. The second kappa shape index (κ2) is 8.21. The van der Waals surface area contributed by atoms with Crippen LogP contribution in [0.1, 0.15) is 45.6 Å². The SMILES string of the molecule is CCCCC#CC(NS(=O)(=O)c1ccc(C)cc1)C(C)C. The highest BCUT2D eigenvalue weighted by molar-refractivity contribution is 7.89. The van der Waals surface area contributed by atoms with Gasteiger partial charge in [-0.05, 0) is 31.4 Å². The Morgan fingerprint density at radius 2 is 1.81 bits per heavy atom. The van der Waals surface area contributed by atoms with Crippen LogP contribution < -0.4 is 4.72 Å². The Morgan fingerprint density at radius 3 is 2.33 bits per heavy atom. The van der Waals surface area contributed by atoms with Crippen molar-refractivity contribution in [3.8, 4) is 11.8 Å². The Balaban J connectivity index is 2.86. The van der Waals surface area contributed by atoms with Crippen LogP contribution in [0.15, 0.2) is 29.2 Å². The average molecular weight is 307 g/mol. The summed E-state index contributed by atoms with van der Waals surface area (Å²) in [6, 6.07) is 6.49. The maximum atomic E-state index is 12.4. The predicted octanol–water partition coefficient (Wildman–Crippen LogP) is 3.49. The molecule has 0 aliphatic heterocycles. The van der Waals surface area contributed by atoms with Gasteiger partial charge in [0.2, 0.25) is 10.0 Å². The molecule has 0 saturated carbocycles. The fourth-order valence-corrected chi connectivity index (χ4v) is 3.03. The number of hydrogen-bond donors (Lipinski definition) is 1. The molecule has 1 aromatic carbocycles. The zero-order chi connectivity index (χ0) is 15.9. The first-order chi connectivity index (χ1) is 9.86. The van der Waals surface area contributed by atoms with Crippen LogP contribution in [0.3, 0.4) is 0 Å². The van der Waals surface area contributed by atoms with E-state index in [1.807, 2.05) is 20.8 Å². The molecule has 0 heterocycles. The number of hydrogen-bond acceptors (Lipinski definition) is 2. The van der Waals surface area contributed by atoms with Crippen molar-refractivity contribution < 1.29 is 8.42 Å². The van der Waals surface area contributed by atoms with E-state index < -0.39 is 10.0 Å². The van der Waals surface area contributed by atoms with E-state index in [1.54, 1.807) is 24.3 Å². The minimum absolute atomic E-state index is 0.124. The van der Waals surface area contributed by atoms with Crippen LogP contribution in [-0.2, 0) is 10.0 Å². The quantitative estimate of drug-likeness (QED) is 0.646. The van der Waals surface area contributed by atoms with Crippen LogP contribution in [0, 0.1) is 24.7 Å². The molecule has 21 heavy (non-hydrogen) atoms. The molecule has 4 heteroatoms. The van der Waals surface area contributed by atoms with Gasteiger partial charge in [0.1, 0.15) is 0 Å². The summed E-state index contributed by atoms with van der Waals surface area (Å²) in [5.41, 5.74) is 1.04. The summed E-state index contributed by atoms with van der Waals surface area (Å²) in [5.74, 6) is 6.25. The van der Waals surface area contributed by atoms with Gasteiger partial charge in [0, 0.05) is 6.42 Å². The molecule has 0 fully saturated rings. The van der Waals surface area contributed by atoms with Crippen molar-refractivity contribution in [1.82, 2.24) is 4.72 Å². The zero-order valence-corrected chi connectivity index (χ0v) is 14.1. The minimum atomic E-state index is -3.52. The molecule has 3 nitrogen and oxygen atoms in total. The molecule has 116 valence electrons. The van der Waals surface area contributed by atoms with Gasteiger partial charge in [-0.2, -0.15) is 4.72 Å². The topological polar surface area (TPSA) is 46.2 Å². The number of benzene rings is 1. The van der Waals surface area contributed by atoms with Crippen LogP contribution in [0.4, 0.5) is 0 Å². The van der Waals surface area contributed by atoms with Gasteiger partial charge >= 0.3 is 0 Å². The van der Waals surface area contributed by atoms with E-state index in [9.17, 15) is 8.42 Å². The highest BCUT2D eigenvalue weighted by Gasteiger charge is 2.20. The molecule has 0 aromatic heterocycles. The molecule has 0 saturated heterocycles. The molecule has 1 unspecified atom stereocenters. The smallest absolute Gasteiger partial charge is 0.207 e. The van der Waals surface area contributed by atoms with Crippen molar-refractivity contribution in [3.63, 3.8) is 0 Å². The van der Waals surface area contributed by atoms with E-state index in [0.717, 1.165) is 24.8 Å². The van der Waals surface area contributed by atoms with Gasteiger partial charge in [-0.15, -0.1) is 5.92 Å². The summed E-state index contributed by atoms with van der Waals surface area (Å²) in [4.78, 5) is 0.286. The van der Waals surface area contributed by atoms with Crippen LogP contribution in [0.2, 0.25) is 0 Å². The largest absolute Gasteiger partial charge is 0.241 e. The zero-order valence-electron chi connectivity index (χ0n) is 13.3. The Hall–Kier alpha value is -1.31. The fourth-order valence-electron chi connectivity index (χ4n) is 1.73. The van der Waals surface area contributed by atoms with E-state index in [2.05, 4.69) is 23.5 Å². The summed E-state index contributed by atoms with van der Waals surface area (Å²) in [5, 5.41) is 0. The molecule has 1 N–H and O–H groups in total. The maximum Gasteiger partial charge on any atom is 0.241 e. The fraction of sp³-hybridized carbons (Fsp3) is 0.529. The number of aryl methyl sites for hydroxylation is 1. The molecule has 0 amide bonds. The van der Waals surface area contributed by atoms with Crippen molar-refractivity contribution in [3.05, 3.63) is 29.8 Å². The van der Waals surface area contributed by atoms with Gasteiger partial charge in [-0.25, -0.2) is 8.42 Å².